The van der Waals surface area contributed by atoms with E-state index in [0.29, 0.717) is 34.3 Å². The molecule has 0 aliphatic carbocycles. The molecule has 5 nitrogen and oxygen atoms in total. The van der Waals surface area contributed by atoms with Gasteiger partial charge in [0.2, 0.25) is 0 Å². The van der Waals surface area contributed by atoms with E-state index in [4.69, 9.17) is 23.2 Å². The quantitative estimate of drug-likeness (QED) is 0.756. The first-order chi connectivity index (χ1) is 11.4. The number of nitrogens with zero attached hydrogens (tertiary/aromatic N) is 3. The average molecular weight is 369 g/mol. The third-order valence-electron chi connectivity index (χ3n) is 4.48. The van der Waals surface area contributed by atoms with Gasteiger partial charge in [-0.2, -0.15) is 0 Å². The molecule has 0 spiro atoms. The Kier molecular flexibility index (Phi) is 6.34. The minimum atomic E-state index is -0.0110. The van der Waals surface area contributed by atoms with Crippen molar-refractivity contribution in [3.63, 3.8) is 0 Å². The Morgan fingerprint density at radius 2 is 1.83 bits per heavy atom. The van der Waals surface area contributed by atoms with Crippen LogP contribution in [0.2, 0.25) is 0 Å². The Bertz CT molecular complexity index is 605. The average Bonchev–Trinajstić information content (AvgIpc) is 3.23. The van der Waals surface area contributed by atoms with Crippen LogP contribution in [0.15, 0.2) is 26.8 Å². The third-order valence-corrected chi connectivity index (χ3v) is 5.17. The summed E-state index contributed by atoms with van der Waals surface area (Å²) in [7, 11) is 2.14. The highest BCUT2D eigenvalue weighted by atomic mass is 35.5. The summed E-state index contributed by atoms with van der Waals surface area (Å²) in [5, 5.41) is 4.05. The van der Waals surface area contributed by atoms with Crippen molar-refractivity contribution in [3.05, 3.63) is 21.8 Å². The number of allylic oxidation sites excluding steroid dienone is 3. The van der Waals surface area contributed by atoms with Gasteiger partial charge in [0.1, 0.15) is 0 Å². The lowest BCUT2D eigenvalue weighted by molar-refractivity contribution is -0.123. The number of aliphatic imine (C=N–C) groups is 1. The van der Waals surface area contributed by atoms with Gasteiger partial charge < -0.3 is 15.1 Å². The number of fused-ring (bicyclic) bond motifs is 1. The second-order valence-electron chi connectivity index (χ2n) is 6.29. The van der Waals surface area contributed by atoms with Crippen molar-refractivity contribution in [2.45, 2.75) is 6.92 Å². The van der Waals surface area contributed by atoms with Crippen molar-refractivity contribution < 1.29 is 4.79 Å². The SMILES string of the molecule is C#C.C/C(Cl)=C(Cl)\C=C1/CN=C(C(=O)N2CC3CN(C)CC3C2)N1. The van der Waals surface area contributed by atoms with Crippen molar-refractivity contribution in [1.82, 2.24) is 15.1 Å². The molecule has 0 saturated carbocycles. The molecule has 7 heteroatoms. The van der Waals surface area contributed by atoms with Gasteiger partial charge in [-0.25, -0.2) is 0 Å². The first-order valence-corrected chi connectivity index (χ1v) is 8.54. The minimum absolute atomic E-state index is 0.0110. The highest BCUT2D eigenvalue weighted by Crippen LogP contribution is 2.30. The molecular formula is C17H22Cl2N4O. The molecule has 3 heterocycles. The van der Waals surface area contributed by atoms with E-state index < -0.39 is 0 Å². The van der Waals surface area contributed by atoms with Gasteiger partial charge in [-0.3, -0.25) is 9.79 Å². The largest absolute Gasteiger partial charge is 0.338 e. The number of hydrogen-bond donors (Lipinski definition) is 1. The maximum absolute atomic E-state index is 12.5. The summed E-state index contributed by atoms with van der Waals surface area (Å²) in [4.78, 5) is 21.1. The molecule has 0 bridgehead atoms. The highest BCUT2D eigenvalue weighted by molar-refractivity contribution is 6.40. The van der Waals surface area contributed by atoms with Crippen LogP contribution in [-0.2, 0) is 4.79 Å². The van der Waals surface area contributed by atoms with E-state index in [1.165, 1.54) is 0 Å². The Hall–Kier alpha value is -1.48. The molecule has 0 aromatic heterocycles. The Morgan fingerprint density at radius 1 is 1.25 bits per heavy atom. The highest BCUT2D eigenvalue weighted by Gasteiger charge is 2.41. The van der Waals surface area contributed by atoms with Crippen LogP contribution in [0.4, 0.5) is 0 Å². The van der Waals surface area contributed by atoms with Gasteiger partial charge in [-0.15, -0.1) is 12.8 Å². The summed E-state index contributed by atoms with van der Waals surface area (Å²) in [6, 6.07) is 0. The number of terminal acetylenes is 1. The van der Waals surface area contributed by atoms with Crippen molar-refractivity contribution >= 4 is 34.9 Å². The molecule has 2 unspecified atom stereocenters. The van der Waals surface area contributed by atoms with Crippen molar-refractivity contribution in [2.75, 3.05) is 39.8 Å². The van der Waals surface area contributed by atoms with E-state index in [1.807, 2.05) is 4.90 Å². The van der Waals surface area contributed by atoms with Crippen LogP contribution in [0.25, 0.3) is 0 Å². The fourth-order valence-corrected chi connectivity index (χ4v) is 3.58. The van der Waals surface area contributed by atoms with E-state index in [1.54, 1.807) is 13.0 Å². The first kappa shape index (κ1) is 18.9. The van der Waals surface area contributed by atoms with E-state index in [-0.39, 0.29) is 5.91 Å². The zero-order chi connectivity index (χ0) is 17.9. The van der Waals surface area contributed by atoms with Crippen LogP contribution in [0.5, 0.6) is 0 Å². The molecule has 0 radical (unpaired) electrons. The molecule has 2 fully saturated rings. The normalized spacial score (nSPS) is 28.7. The number of amides is 1. The minimum Gasteiger partial charge on any atom is -0.338 e. The molecule has 1 N–H and O–H groups in total. The molecule has 2 atom stereocenters. The van der Waals surface area contributed by atoms with Gasteiger partial charge in [0.25, 0.3) is 5.91 Å². The van der Waals surface area contributed by atoms with Gasteiger partial charge in [0.15, 0.2) is 5.84 Å². The van der Waals surface area contributed by atoms with Crippen LogP contribution < -0.4 is 5.32 Å². The fraction of sp³-hybridized carbons (Fsp3) is 0.529. The first-order valence-electron chi connectivity index (χ1n) is 7.79. The summed E-state index contributed by atoms with van der Waals surface area (Å²) in [5.41, 5.74) is 0.799. The summed E-state index contributed by atoms with van der Waals surface area (Å²) in [6.07, 6.45) is 9.72. The zero-order valence-electron chi connectivity index (χ0n) is 13.9. The second-order valence-corrected chi connectivity index (χ2v) is 7.27. The third kappa shape index (κ3) is 4.13. The number of carbonyl (C=O) groups is 1. The van der Waals surface area contributed by atoms with E-state index in [0.717, 1.165) is 31.9 Å². The Labute approximate surface area is 153 Å². The van der Waals surface area contributed by atoms with Crippen molar-refractivity contribution in [2.24, 2.45) is 16.8 Å². The van der Waals surface area contributed by atoms with Crippen LogP contribution >= 0.6 is 23.2 Å². The molecule has 0 aromatic carbocycles. The van der Waals surface area contributed by atoms with Crippen LogP contribution in [0, 0.1) is 24.7 Å². The lowest BCUT2D eigenvalue weighted by Crippen LogP contribution is -2.41. The van der Waals surface area contributed by atoms with Crippen molar-refractivity contribution in [3.8, 4) is 12.8 Å². The fourth-order valence-electron chi connectivity index (χ4n) is 3.39. The molecule has 2 saturated heterocycles. The predicted octanol–water partition coefficient (Wildman–Crippen LogP) is 1.85. The summed E-state index contributed by atoms with van der Waals surface area (Å²) < 4.78 is 0. The maximum atomic E-state index is 12.5. The molecular weight excluding hydrogens is 347 g/mol. The van der Waals surface area contributed by atoms with Crippen molar-refractivity contribution in [1.29, 1.82) is 0 Å². The molecule has 3 aliphatic heterocycles. The Balaban J connectivity index is 0.00000100. The zero-order valence-corrected chi connectivity index (χ0v) is 15.4. The van der Waals surface area contributed by atoms with Gasteiger partial charge in [-0.1, -0.05) is 23.2 Å². The lowest BCUT2D eigenvalue weighted by atomic mass is 10.0. The summed E-state index contributed by atoms with van der Waals surface area (Å²) >= 11 is 11.8. The van der Waals surface area contributed by atoms with Gasteiger partial charge in [0, 0.05) is 36.9 Å². The number of carbonyl (C=O) groups excluding carboxylic acids is 1. The standard InChI is InChI=1S/C15H20Cl2N4O.C2H2/c1-9(16)13(17)3-12-4-18-14(19-12)15(22)21-7-10-5-20(2)6-11(10)8-21;1-2/h3,10-11H,4-8H2,1-2H3,(H,18,19);1-2H/b12-3+,13-9-;. The lowest BCUT2D eigenvalue weighted by Gasteiger charge is -2.19. The Morgan fingerprint density at radius 3 is 2.38 bits per heavy atom. The number of likely N-dealkylation sites (tertiary alicyclic amines) is 2. The van der Waals surface area contributed by atoms with Crippen LogP contribution in [-0.4, -0.2) is 61.3 Å². The van der Waals surface area contributed by atoms with E-state index in [9.17, 15) is 4.79 Å². The summed E-state index contributed by atoms with van der Waals surface area (Å²) in [5.74, 6) is 1.60. The smallest absolute Gasteiger partial charge is 0.289 e. The maximum Gasteiger partial charge on any atom is 0.289 e. The monoisotopic (exact) mass is 368 g/mol. The van der Waals surface area contributed by atoms with E-state index >= 15 is 0 Å². The number of amidine groups is 1. The molecule has 3 rings (SSSR count). The number of nitrogens with one attached hydrogen (secondary N) is 1. The van der Waals surface area contributed by atoms with Gasteiger partial charge in [-0.05, 0) is 31.9 Å². The number of halogens is 2. The molecule has 1 amide bonds. The molecule has 0 aromatic rings. The summed E-state index contributed by atoms with van der Waals surface area (Å²) in [6.45, 7) is 5.97. The molecule has 24 heavy (non-hydrogen) atoms. The van der Waals surface area contributed by atoms with Crippen LogP contribution in [0.3, 0.4) is 0 Å². The number of rotatable bonds is 2. The van der Waals surface area contributed by atoms with Gasteiger partial charge >= 0.3 is 0 Å². The molecule has 3 aliphatic rings. The second kappa shape index (κ2) is 8.06. The number of hydrogen-bond acceptors (Lipinski definition) is 4. The van der Waals surface area contributed by atoms with Gasteiger partial charge in [0.05, 0.1) is 11.6 Å². The molecule has 130 valence electrons. The van der Waals surface area contributed by atoms with Crippen LogP contribution in [0.1, 0.15) is 6.92 Å². The predicted molar refractivity (Wildman–Crippen MR) is 98.9 cm³/mol. The van der Waals surface area contributed by atoms with E-state index in [2.05, 4.69) is 35.1 Å². The topological polar surface area (TPSA) is 47.9 Å².